The molecule has 30 heavy (non-hydrogen) atoms. The van der Waals surface area contributed by atoms with Crippen molar-refractivity contribution < 1.29 is 28.6 Å². The van der Waals surface area contributed by atoms with Crippen LogP contribution >= 0.6 is 0 Å². The van der Waals surface area contributed by atoms with Crippen molar-refractivity contribution in [1.29, 1.82) is 0 Å². The summed E-state index contributed by atoms with van der Waals surface area (Å²) in [7, 11) is 0. The van der Waals surface area contributed by atoms with Gasteiger partial charge in [0.05, 0.1) is 12.0 Å². The fourth-order valence-electron chi connectivity index (χ4n) is 7.09. The summed E-state index contributed by atoms with van der Waals surface area (Å²) in [5, 5.41) is 0. The number of hydrogen-bond donors (Lipinski definition) is 0. The van der Waals surface area contributed by atoms with Crippen LogP contribution in [0.4, 0.5) is 0 Å². The number of esters is 2. The van der Waals surface area contributed by atoms with Crippen molar-refractivity contribution in [3.8, 4) is 0 Å². The lowest BCUT2D eigenvalue weighted by Gasteiger charge is -2.56. The zero-order chi connectivity index (χ0) is 21.9. The summed E-state index contributed by atoms with van der Waals surface area (Å²) >= 11 is 0. The Balaban J connectivity index is 1.80. The SMILES string of the molecule is CC(=O)O[C@@]12C(=O)C3(C)C=C4C5=CC(=O)OC(C)(C)C5=CCC4(C)[C@@]1(COC2C)C3. The molecule has 3 aliphatic carbocycles. The third-order valence-corrected chi connectivity index (χ3v) is 8.37. The van der Waals surface area contributed by atoms with E-state index in [1.807, 2.05) is 33.8 Å². The molecule has 5 atom stereocenters. The van der Waals surface area contributed by atoms with Gasteiger partial charge in [-0.3, -0.25) is 9.59 Å². The van der Waals surface area contributed by atoms with Crippen LogP contribution in [0.25, 0.3) is 0 Å². The van der Waals surface area contributed by atoms with E-state index in [9.17, 15) is 14.4 Å². The minimum absolute atomic E-state index is 0.0990. The molecule has 0 amide bonds. The van der Waals surface area contributed by atoms with E-state index in [-0.39, 0.29) is 11.8 Å². The quantitative estimate of drug-likeness (QED) is 0.616. The lowest BCUT2D eigenvalue weighted by molar-refractivity contribution is -0.183. The van der Waals surface area contributed by atoms with Crippen LogP contribution in [0.5, 0.6) is 0 Å². The number of carbonyl (C=O) groups is 3. The molecular weight excluding hydrogens is 384 g/mol. The van der Waals surface area contributed by atoms with Crippen LogP contribution in [0.2, 0.25) is 0 Å². The number of hydrogen-bond acceptors (Lipinski definition) is 6. The van der Waals surface area contributed by atoms with Gasteiger partial charge in [0.15, 0.2) is 5.78 Å². The second-order valence-electron chi connectivity index (χ2n) is 10.5. The standard InChI is InChI=1S/C24H28O6/c1-13-24(29-14(2)25)19(27)21(5)10-17-15-9-18(26)30-20(3,4)16(15)7-8-22(17,6)23(24,11-21)12-28-13/h7,9-10,13H,8,11-12H2,1-6H3/t13?,21?,22?,23-,24-/m0/s1. The first-order chi connectivity index (χ1) is 13.8. The molecule has 5 rings (SSSR count). The highest BCUT2D eigenvalue weighted by Crippen LogP contribution is 2.75. The molecular formula is C24H28O6. The Labute approximate surface area is 176 Å². The van der Waals surface area contributed by atoms with Gasteiger partial charge < -0.3 is 14.2 Å². The Morgan fingerprint density at radius 3 is 2.53 bits per heavy atom. The van der Waals surface area contributed by atoms with Crippen molar-refractivity contribution in [2.24, 2.45) is 16.2 Å². The third kappa shape index (κ3) is 1.92. The van der Waals surface area contributed by atoms with E-state index in [1.54, 1.807) is 6.08 Å². The van der Waals surface area contributed by atoms with Gasteiger partial charge in [0, 0.05) is 23.8 Å². The van der Waals surface area contributed by atoms with Crippen molar-refractivity contribution >= 4 is 17.7 Å². The summed E-state index contributed by atoms with van der Waals surface area (Å²) in [6.45, 7) is 11.3. The van der Waals surface area contributed by atoms with E-state index < -0.39 is 39.5 Å². The highest BCUT2D eigenvalue weighted by Gasteiger charge is 2.82. The van der Waals surface area contributed by atoms with E-state index in [0.717, 1.165) is 16.7 Å². The largest absolute Gasteiger partial charge is 0.452 e. The number of carbonyl (C=O) groups excluding carboxylic acids is 3. The maximum absolute atomic E-state index is 14.0. The maximum Gasteiger partial charge on any atom is 0.332 e. The van der Waals surface area contributed by atoms with Crippen molar-refractivity contribution in [3.63, 3.8) is 0 Å². The summed E-state index contributed by atoms with van der Waals surface area (Å²) < 4.78 is 17.6. The van der Waals surface area contributed by atoms with Crippen molar-refractivity contribution in [3.05, 3.63) is 34.9 Å². The number of ketones is 1. The third-order valence-electron chi connectivity index (χ3n) is 8.37. The van der Waals surface area contributed by atoms with Gasteiger partial charge >= 0.3 is 11.9 Å². The minimum atomic E-state index is -1.34. The number of ether oxygens (including phenoxy) is 3. The highest BCUT2D eigenvalue weighted by atomic mass is 16.6. The lowest BCUT2D eigenvalue weighted by atomic mass is 9.48. The molecule has 0 N–H and O–H groups in total. The Kier molecular flexibility index (Phi) is 3.51. The van der Waals surface area contributed by atoms with Crippen LogP contribution in [0.1, 0.15) is 54.4 Å². The summed E-state index contributed by atoms with van der Waals surface area (Å²) in [6.07, 6.45) is 6.37. The first kappa shape index (κ1) is 19.7. The number of fused-ring (bicyclic) bond motifs is 4. The molecule has 5 aliphatic rings. The van der Waals surface area contributed by atoms with Gasteiger partial charge in [-0.2, -0.15) is 0 Å². The van der Waals surface area contributed by atoms with Gasteiger partial charge in [-0.05, 0) is 57.3 Å². The topological polar surface area (TPSA) is 78.9 Å². The molecule has 1 spiro atoms. The minimum Gasteiger partial charge on any atom is -0.452 e. The lowest BCUT2D eigenvalue weighted by Crippen LogP contribution is -2.61. The van der Waals surface area contributed by atoms with Crippen LogP contribution < -0.4 is 0 Å². The molecule has 2 aliphatic heterocycles. The molecule has 1 saturated heterocycles. The van der Waals surface area contributed by atoms with Gasteiger partial charge in [-0.15, -0.1) is 0 Å². The molecule has 6 nitrogen and oxygen atoms in total. The maximum atomic E-state index is 14.0. The first-order valence-corrected chi connectivity index (χ1v) is 10.6. The smallest absolute Gasteiger partial charge is 0.332 e. The van der Waals surface area contributed by atoms with Gasteiger partial charge in [-0.1, -0.05) is 19.1 Å². The summed E-state index contributed by atoms with van der Waals surface area (Å²) in [5.41, 5.74) is -1.33. The van der Waals surface area contributed by atoms with Gasteiger partial charge in [0.1, 0.15) is 11.7 Å². The Morgan fingerprint density at radius 2 is 1.87 bits per heavy atom. The van der Waals surface area contributed by atoms with Crippen LogP contribution in [-0.4, -0.2) is 41.6 Å². The van der Waals surface area contributed by atoms with E-state index in [2.05, 4.69) is 13.0 Å². The Hall–Kier alpha value is -2.21. The van der Waals surface area contributed by atoms with Crippen molar-refractivity contribution in [2.45, 2.75) is 71.7 Å². The summed E-state index contributed by atoms with van der Waals surface area (Å²) in [4.78, 5) is 38.6. The van der Waals surface area contributed by atoms with Crippen LogP contribution in [0.3, 0.4) is 0 Å². The van der Waals surface area contributed by atoms with Gasteiger partial charge in [0.2, 0.25) is 5.60 Å². The predicted octanol–water partition coefficient (Wildman–Crippen LogP) is 3.21. The summed E-state index contributed by atoms with van der Waals surface area (Å²) in [5.74, 6) is -0.959. The van der Waals surface area contributed by atoms with Gasteiger partial charge in [0.25, 0.3) is 0 Å². The average molecular weight is 412 g/mol. The Bertz CT molecular complexity index is 1010. The van der Waals surface area contributed by atoms with E-state index in [1.165, 1.54) is 6.92 Å². The fourth-order valence-corrected chi connectivity index (χ4v) is 7.09. The molecule has 6 heteroatoms. The molecule has 0 aromatic heterocycles. The zero-order valence-corrected chi connectivity index (χ0v) is 18.4. The number of allylic oxidation sites excluding steroid dienone is 3. The second kappa shape index (κ2) is 5.34. The van der Waals surface area contributed by atoms with Crippen molar-refractivity contribution in [1.82, 2.24) is 0 Å². The molecule has 3 unspecified atom stereocenters. The van der Waals surface area contributed by atoms with Crippen molar-refractivity contribution in [2.75, 3.05) is 6.61 Å². The van der Waals surface area contributed by atoms with E-state index in [4.69, 9.17) is 14.2 Å². The normalized spacial score (nSPS) is 45.4. The zero-order valence-electron chi connectivity index (χ0n) is 18.4. The fraction of sp³-hybridized carbons (Fsp3) is 0.625. The number of Topliss-reactive ketones (excluding diaryl/α,β-unsaturated/α-hetero) is 1. The van der Waals surface area contributed by atoms with E-state index >= 15 is 0 Å². The van der Waals surface area contributed by atoms with Crippen LogP contribution in [0, 0.1) is 16.2 Å². The molecule has 2 fully saturated rings. The molecule has 0 aromatic carbocycles. The predicted molar refractivity (Wildman–Crippen MR) is 107 cm³/mol. The molecule has 160 valence electrons. The Morgan fingerprint density at radius 1 is 1.17 bits per heavy atom. The molecule has 0 aromatic rings. The van der Waals surface area contributed by atoms with Crippen LogP contribution in [0.15, 0.2) is 34.9 Å². The van der Waals surface area contributed by atoms with Gasteiger partial charge in [-0.25, -0.2) is 4.79 Å². The molecule has 1 saturated carbocycles. The average Bonchev–Trinajstić information content (AvgIpc) is 2.97. The van der Waals surface area contributed by atoms with Crippen LogP contribution in [-0.2, 0) is 28.6 Å². The monoisotopic (exact) mass is 412 g/mol. The second-order valence-corrected chi connectivity index (χ2v) is 10.5. The molecule has 0 radical (unpaired) electrons. The summed E-state index contributed by atoms with van der Waals surface area (Å²) in [6, 6.07) is 0. The molecule has 2 bridgehead atoms. The van der Waals surface area contributed by atoms with E-state index in [0.29, 0.717) is 19.4 Å². The molecule has 2 heterocycles. The number of cyclic esters (lactones) is 1. The number of rotatable bonds is 1. The highest BCUT2D eigenvalue weighted by molar-refractivity contribution is 6.02. The first-order valence-electron chi connectivity index (χ1n) is 10.6.